The van der Waals surface area contributed by atoms with Crippen LogP contribution in [-0.2, 0) is 4.09 Å². The molecule has 0 nitrogen and oxygen atoms in total. The first-order valence-electron chi connectivity index (χ1n) is 9.42. The second-order valence-electron chi connectivity index (χ2n) is 7.04. The molecule has 3 aromatic rings. The molecule has 0 N–H and O–H groups in total. The number of rotatable bonds is 7. The second kappa shape index (κ2) is 8.57. The molecule has 25 heavy (non-hydrogen) atoms. The Hall–Kier alpha value is -1.74. The van der Waals surface area contributed by atoms with E-state index in [-0.39, 0.29) is 4.09 Å². The standard InChI is InChI=1S/C24H25.Li/c1-2-3-19-23(20-13-7-4-8-14-20)24(21-15-9-5-10-16-21)22-17-11-6-12-18-22;/h4-18,23H,2-3,19H2,1H3;. The van der Waals surface area contributed by atoms with E-state index in [0.29, 0.717) is 5.92 Å². The van der Waals surface area contributed by atoms with Gasteiger partial charge < -0.3 is 0 Å². The maximum absolute atomic E-state index is 2.42. The van der Waals surface area contributed by atoms with E-state index in [4.69, 9.17) is 0 Å². The average molecular weight is 320 g/mol. The molecule has 1 atom stereocenters. The van der Waals surface area contributed by atoms with Gasteiger partial charge in [0.25, 0.3) is 0 Å². The molecule has 0 amide bonds. The Morgan fingerprint density at radius 2 is 1.16 bits per heavy atom. The molecular formula is C24H25Li. The van der Waals surface area contributed by atoms with E-state index in [0.717, 1.165) is 0 Å². The van der Waals surface area contributed by atoms with Crippen molar-refractivity contribution < 1.29 is 0 Å². The van der Waals surface area contributed by atoms with Crippen molar-refractivity contribution in [2.75, 3.05) is 0 Å². The molecule has 0 aliphatic carbocycles. The van der Waals surface area contributed by atoms with Gasteiger partial charge in [-0.2, -0.15) is 0 Å². The molecule has 122 valence electrons. The molecule has 0 aromatic heterocycles. The van der Waals surface area contributed by atoms with Crippen molar-refractivity contribution in [2.45, 2.75) is 36.2 Å². The fraction of sp³-hybridized carbons (Fsp3) is 0.250. The Balaban J connectivity index is 2.17. The van der Waals surface area contributed by atoms with Gasteiger partial charge in [0.15, 0.2) is 0 Å². The minimum absolute atomic E-state index is 0.0426. The van der Waals surface area contributed by atoms with Crippen LogP contribution in [0.2, 0.25) is 0 Å². The minimum atomic E-state index is -0.0426. The van der Waals surface area contributed by atoms with Crippen molar-refractivity contribution in [3.05, 3.63) is 108 Å². The fourth-order valence-electron chi connectivity index (χ4n) is 4.02. The Morgan fingerprint density at radius 1 is 0.720 bits per heavy atom. The summed E-state index contributed by atoms with van der Waals surface area (Å²) in [7, 11) is 0. The van der Waals surface area contributed by atoms with E-state index in [2.05, 4.69) is 116 Å². The first-order chi connectivity index (χ1) is 12.3. The van der Waals surface area contributed by atoms with Gasteiger partial charge >= 0.3 is 162 Å². The van der Waals surface area contributed by atoms with E-state index < -0.39 is 0 Å². The zero-order valence-corrected chi connectivity index (χ0v) is 15.4. The van der Waals surface area contributed by atoms with Crippen LogP contribution in [-0.4, -0.2) is 17.7 Å². The van der Waals surface area contributed by atoms with E-state index in [1.807, 2.05) is 0 Å². The summed E-state index contributed by atoms with van der Waals surface area (Å²) >= 11 is 2.42. The Bertz CT molecular complexity index is 710. The van der Waals surface area contributed by atoms with Crippen LogP contribution in [0.5, 0.6) is 0 Å². The summed E-state index contributed by atoms with van der Waals surface area (Å²) in [6.07, 6.45) is 3.67. The van der Waals surface area contributed by atoms with Crippen LogP contribution in [0.4, 0.5) is 0 Å². The molecule has 0 heterocycles. The molecule has 0 aliphatic heterocycles. The van der Waals surface area contributed by atoms with Gasteiger partial charge in [0.05, 0.1) is 0 Å². The van der Waals surface area contributed by atoms with Crippen molar-refractivity contribution in [1.82, 2.24) is 0 Å². The Labute approximate surface area is 161 Å². The summed E-state index contributed by atoms with van der Waals surface area (Å²) < 4.78 is -0.0426. The first-order valence-corrected chi connectivity index (χ1v) is 9.42. The van der Waals surface area contributed by atoms with Gasteiger partial charge in [-0.1, -0.05) is 0 Å². The van der Waals surface area contributed by atoms with E-state index in [1.165, 1.54) is 36.0 Å². The zero-order valence-electron chi connectivity index (χ0n) is 15.4. The van der Waals surface area contributed by atoms with Gasteiger partial charge in [-0.15, -0.1) is 0 Å². The van der Waals surface area contributed by atoms with Crippen molar-refractivity contribution in [1.29, 1.82) is 0 Å². The zero-order chi connectivity index (χ0) is 17.5. The van der Waals surface area contributed by atoms with E-state index >= 15 is 0 Å². The summed E-state index contributed by atoms with van der Waals surface area (Å²) in [4.78, 5) is 0. The third-order valence-electron chi connectivity index (χ3n) is 5.49. The van der Waals surface area contributed by atoms with Crippen molar-refractivity contribution in [3.63, 3.8) is 0 Å². The van der Waals surface area contributed by atoms with Crippen LogP contribution in [0.15, 0.2) is 91.0 Å². The molecule has 0 spiro atoms. The van der Waals surface area contributed by atoms with Gasteiger partial charge in [-0.25, -0.2) is 0 Å². The molecule has 1 unspecified atom stereocenters. The quantitative estimate of drug-likeness (QED) is 0.463. The number of benzene rings is 3. The summed E-state index contributed by atoms with van der Waals surface area (Å²) in [5.74, 6) is 0.457. The second-order valence-corrected chi connectivity index (χ2v) is 7.04. The fourth-order valence-corrected chi connectivity index (χ4v) is 4.02. The third-order valence-corrected chi connectivity index (χ3v) is 5.49. The summed E-state index contributed by atoms with van der Waals surface area (Å²) in [6, 6.07) is 33.1. The topological polar surface area (TPSA) is 0 Å². The van der Waals surface area contributed by atoms with Crippen LogP contribution in [0.3, 0.4) is 0 Å². The molecular weight excluding hydrogens is 295 g/mol. The summed E-state index contributed by atoms with van der Waals surface area (Å²) in [6.45, 7) is 2.28. The normalized spacial score (nSPS) is 12.8. The van der Waals surface area contributed by atoms with Crippen molar-refractivity contribution in [3.8, 4) is 0 Å². The van der Waals surface area contributed by atoms with E-state index in [9.17, 15) is 0 Å². The van der Waals surface area contributed by atoms with Crippen LogP contribution in [0.1, 0.15) is 48.8 Å². The molecule has 1 heteroatoms. The van der Waals surface area contributed by atoms with Gasteiger partial charge in [-0.3, -0.25) is 0 Å². The number of hydrogen-bond acceptors (Lipinski definition) is 0. The monoisotopic (exact) mass is 320 g/mol. The van der Waals surface area contributed by atoms with Crippen LogP contribution >= 0.6 is 0 Å². The molecule has 3 aromatic carbocycles. The van der Waals surface area contributed by atoms with Crippen LogP contribution in [0, 0.1) is 0 Å². The van der Waals surface area contributed by atoms with Crippen LogP contribution < -0.4 is 0 Å². The Morgan fingerprint density at radius 3 is 1.60 bits per heavy atom. The number of unbranched alkanes of at least 4 members (excludes halogenated alkanes) is 1. The molecule has 0 radical (unpaired) electrons. The van der Waals surface area contributed by atoms with Gasteiger partial charge in [0, 0.05) is 0 Å². The Kier molecular flexibility index (Phi) is 6.19. The molecule has 0 saturated heterocycles. The molecule has 0 aliphatic rings. The average Bonchev–Trinajstić information content (AvgIpc) is 2.70. The predicted octanol–water partition coefficient (Wildman–Crippen LogP) is 6.07. The third kappa shape index (κ3) is 3.92. The molecule has 0 bridgehead atoms. The summed E-state index contributed by atoms with van der Waals surface area (Å²) in [5, 5.41) is 0. The van der Waals surface area contributed by atoms with Crippen LogP contribution in [0.25, 0.3) is 0 Å². The van der Waals surface area contributed by atoms with Crippen molar-refractivity contribution >= 4 is 17.7 Å². The summed E-state index contributed by atoms with van der Waals surface area (Å²) in [5.41, 5.74) is 4.23. The maximum atomic E-state index is 2.42. The van der Waals surface area contributed by atoms with E-state index in [1.54, 1.807) is 0 Å². The number of hydrogen-bond donors (Lipinski definition) is 0. The van der Waals surface area contributed by atoms with Gasteiger partial charge in [-0.05, 0) is 0 Å². The first kappa shape index (κ1) is 18.1. The molecule has 0 fully saturated rings. The molecule has 3 rings (SSSR count). The SMILES string of the molecule is [Li][C](c1ccccc1)(c1ccccc1)C(CCCC)c1ccccc1. The van der Waals surface area contributed by atoms with Gasteiger partial charge in [0.1, 0.15) is 0 Å². The molecule has 0 saturated carbocycles. The predicted molar refractivity (Wildman–Crippen MR) is 108 cm³/mol. The van der Waals surface area contributed by atoms with Gasteiger partial charge in [0.2, 0.25) is 0 Å². The van der Waals surface area contributed by atoms with Crippen molar-refractivity contribution in [2.24, 2.45) is 0 Å².